The van der Waals surface area contributed by atoms with Gasteiger partial charge in [-0.05, 0) is 51.5 Å². The van der Waals surface area contributed by atoms with Gasteiger partial charge < -0.3 is 10.0 Å². The number of hydrogen-bond acceptors (Lipinski definition) is 5. The molecule has 3 aromatic rings. The van der Waals surface area contributed by atoms with Gasteiger partial charge in [0.1, 0.15) is 0 Å². The highest BCUT2D eigenvalue weighted by Gasteiger charge is 2.39. The van der Waals surface area contributed by atoms with Crippen LogP contribution in [0.4, 0.5) is 9.93 Å². The molecule has 1 fully saturated rings. The highest BCUT2D eigenvalue weighted by atomic mass is 32.1. The molecule has 0 radical (unpaired) electrons. The molecule has 3 heterocycles. The van der Waals surface area contributed by atoms with E-state index in [1.165, 1.54) is 11.3 Å². The molecule has 0 saturated carbocycles. The van der Waals surface area contributed by atoms with Gasteiger partial charge in [-0.2, -0.15) is 0 Å². The van der Waals surface area contributed by atoms with Crippen LogP contribution in [0.25, 0.3) is 21.7 Å². The number of pyridine rings is 1. The maximum Gasteiger partial charge on any atom is 0.323 e. The number of nitrogens with zero attached hydrogens (tertiary/aromatic N) is 3. The van der Waals surface area contributed by atoms with Crippen LogP contribution in [0, 0.1) is 20.8 Å². The number of β-amino-alcohol motifs (C(OH)–C–C–N with tert-alkyl or cyclic N) is 1. The summed E-state index contributed by atoms with van der Waals surface area (Å²) >= 11 is 1.45. The Hall–Kier alpha value is -2.77. The Morgan fingerprint density at radius 2 is 1.79 bits per heavy atom. The van der Waals surface area contributed by atoms with Crippen molar-refractivity contribution in [3.05, 3.63) is 53.3 Å². The number of aryl methyl sites for hydroxylation is 3. The number of thiazole rings is 1. The van der Waals surface area contributed by atoms with Gasteiger partial charge in [0.05, 0.1) is 29.3 Å². The lowest BCUT2D eigenvalue weighted by Crippen LogP contribution is -2.62. The quantitative estimate of drug-likeness (QED) is 0.673. The second-order valence-corrected chi connectivity index (χ2v) is 8.99. The van der Waals surface area contributed by atoms with Gasteiger partial charge in [0.2, 0.25) is 0 Å². The van der Waals surface area contributed by atoms with E-state index in [0.29, 0.717) is 18.2 Å². The van der Waals surface area contributed by atoms with Crippen LogP contribution >= 0.6 is 11.3 Å². The lowest BCUT2D eigenvalue weighted by Gasteiger charge is -2.43. The number of aliphatic hydroxyl groups is 1. The average Bonchev–Trinajstić information content (AvgIpc) is 3.02. The lowest BCUT2D eigenvalue weighted by molar-refractivity contribution is -0.0581. The molecule has 2 aromatic heterocycles. The number of likely N-dealkylation sites (tertiary alicyclic amines) is 1. The van der Waals surface area contributed by atoms with Crippen LogP contribution in [-0.4, -0.2) is 44.7 Å². The Morgan fingerprint density at radius 3 is 2.41 bits per heavy atom. The fraction of sp³-hybridized carbons (Fsp3) is 0.318. The first-order valence-corrected chi connectivity index (χ1v) is 10.3. The van der Waals surface area contributed by atoms with Crippen molar-refractivity contribution in [2.75, 3.05) is 18.4 Å². The van der Waals surface area contributed by atoms with E-state index in [0.717, 1.165) is 38.6 Å². The molecule has 1 saturated heterocycles. The number of carbonyl (C=O) groups excluding carboxylic acids is 1. The molecule has 0 bridgehead atoms. The van der Waals surface area contributed by atoms with Crippen LogP contribution in [0.5, 0.6) is 0 Å². The number of amides is 2. The lowest BCUT2D eigenvalue weighted by atomic mass is 9.98. The summed E-state index contributed by atoms with van der Waals surface area (Å²) < 4.78 is 0. The van der Waals surface area contributed by atoms with Crippen LogP contribution in [0.15, 0.2) is 36.4 Å². The van der Waals surface area contributed by atoms with E-state index >= 15 is 0 Å². The molecule has 0 atom stereocenters. The van der Waals surface area contributed by atoms with Crippen LogP contribution in [-0.2, 0) is 0 Å². The van der Waals surface area contributed by atoms with E-state index < -0.39 is 5.60 Å². The number of anilines is 1. The van der Waals surface area contributed by atoms with E-state index in [1.807, 2.05) is 38.1 Å². The molecule has 4 rings (SSSR count). The van der Waals surface area contributed by atoms with Gasteiger partial charge >= 0.3 is 6.03 Å². The summed E-state index contributed by atoms with van der Waals surface area (Å²) in [6, 6.07) is 12.0. The predicted molar refractivity (Wildman–Crippen MR) is 116 cm³/mol. The van der Waals surface area contributed by atoms with Gasteiger partial charge in [-0.15, -0.1) is 0 Å². The van der Waals surface area contributed by atoms with Crippen LogP contribution < -0.4 is 5.32 Å². The van der Waals surface area contributed by atoms with E-state index in [4.69, 9.17) is 4.98 Å². The minimum atomic E-state index is -0.801. The summed E-state index contributed by atoms with van der Waals surface area (Å²) in [6.45, 7) is 8.37. The highest BCUT2D eigenvalue weighted by Crippen LogP contribution is 2.40. The summed E-state index contributed by atoms with van der Waals surface area (Å²) in [4.78, 5) is 24.3. The standard InChI is InChI=1S/C22H24N4O2S/c1-13-6-5-7-16(8-13)18-19(17-9-14(2)23-15(3)10-17)29-20(24-18)25-21(27)26-11-22(4,28)12-26/h5-10,28H,11-12H2,1-4H3,(H,24,25,27). The molecule has 7 heteroatoms. The zero-order valence-corrected chi connectivity index (χ0v) is 17.8. The van der Waals surface area contributed by atoms with E-state index in [1.54, 1.807) is 11.8 Å². The second-order valence-electron chi connectivity index (χ2n) is 7.99. The maximum absolute atomic E-state index is 12.5. The number of nitrogens with one attached hydrogen (secondary N) is 1. The summed E-state index contributed by atoms with van der Waals surface area (Å²) in [7, 11) is 0. The van der Waals surface area contributed by atoms with Gasteiger partial charge in [-0.1, -0.05) is 35.1 Å². The Morgan fingerprint density at radius 1 is 1.10 bits per heavy atom. The molecule has 1 aliphatic heterocycles. The zero-order chi connectivity index (χ0) is 20.8. The topological polar surface area (TPSA) is 78.4 Å². The third-order valence-corrected chi connectivity index (χ3v) is 5.85. The summed E-state index contributed by atoms with van der Waals surface area (Å²) in [5.41, 5.74) is 5.12. The Bertz CT molecular complexity index is 1060. The smallest absolute Gasteiger partial charge is 0.323 e. The molecule has 29 heavy (non-hydrogen) atoms. The molecule has 0 aliphatic carbocycles. The number of benzene rings is 1. The van der Waals surface area contributed by atoms with Crippen molar-refractivity contribution in [1.82, 2.24) is 14.9 Å². The molecule has 150 valence electrons. The average molecular weight is 409 g/mol. The summed E-state index contributed by atoms with van der Waals surface area (Å²) in [5, 5.41) is 13.3. The first-order chi connectivity index (χ1) is 13.7. The van der Waals surface area contributed by atoms with E-state index in [9.17, 15) is 9.90 Å². The van der Waals surface area contributed by atoms with Gasteiger partial charge in [-0.25, -0.2) is 9.78 Å². The first kappa shape index (κ1) is 19.5. The van der Waals surface area contributed by atoms with Gasteiger partial charge in [0.25, 0.3) is 0 Å². The first-order valence-electron chi connectivity index (χ1n) is 9.52. The molecule has 2 N–H and O–H groups in total. The number of rotatable bonds is 3. The van der Waals surface area contributed by atoms with Crippen molar-refractivity contribution in [3.8, 4) is 21.7 Å². The highest BCUT2D eigenvalue weighted by molar-refractivity contribution is 7.19. The molecule has 0 unspecified atom stereocenters. The van der Waals surface area contributed by atoms with Crippen LogP contribution in [0.1, 0.15) is 23.9 Å². The largest absolute Gasteiger partial charge is 0.386 e. The van der Waals surface area contributed by atoms with Crippen LogP contribution in [0.2, 0.25) is 0 Å². The van der Waals surface area contributed by atoms with Gasteiger partial charge in [0.15, 0.2) is 5.13 Å². The van der Waals surface area contributed by atoms with Crippen molar-refractivity contribution >= 4 is 22.5 Å². The number of urea groups is 1. The molecular formula is C22H24N4O2S. The SMILES string of the molecule is Cc1cccc(-c2nc(NC(=O)N3CC(C)(O)C3)sc2-c2cc(C)nc(C)c2)c1. The molecular weight excluding hydrogens is 384 g/mol. The molecule has 1 aliphatic rings. The van der Waals surface area contributed by atoms with Crippen molar-refractivity contribution in [2.45, 2.75) is 33.3 Å². The number of hydrogen-bond donors (Lipinski definition) is 2. The molecule has 1 aromatic carbocycles. The normalized spacial score (nSPS) is 15.1. The Balaban J connectivity index is 1.72. The summed E-state index contributed by atoms with van der Waals surface area (Å²) in [5.74, 6) is 0. The van der Waals surface area contributed by atoms with Gasteiger partial charge in [-0.3, -0.25) is 10.3 Å². The fourth-order valence-corrected chi connectivity index (χ4v) is 4.58. The monoisotopic (exact) mass is 408 g/mol. The number of aromatic nitrogens is 2. The maximum atomic E-state index is 12.5. The third kappa shape index (κ3) is 4.16. The van der Waals surface area contributed by atoms with Crippen molar-refractivity contribution in [3.63, 3.8) is 0 Å². The van der Waals surface area contributed by atoms with E-state index in [-0.39, 0.29) is 6.03 Å². The minimum absolute atomic E-state index is 0.241. The van der Waals surface area contributed by atoms with Crippen molar-refractivity contribution in [2.24, 2.45) is 0 Å². The van der Waals surface area contributed by atoms with Crippen molar-refractivity contribution in [1.29, 1.82) is 0 Å². The third-order valence-electron chi connectivity index (χ3n) is 4.83. The van der Waals surface area contributed by atoms with E-state index in [2.05, 4.69) is 29.4 Å². The second kappa shape index (κ2) is 7.24. The molecule has 2 amide bonds. The zero-order valence-electron chi connectivity index (χ0n) is 17.0. The molecule has 0 spiro atoms. The predicted octanol–water partition coefficient (Wildman–Crippen LogP) is 4.40. The van der Waals surface area contributed by atoms with Crippen molar-refractivity contribution < 1.29 is 9.90 Å². The number of carbonyl (C=O) groups is 1. The van der Waals surface area contributed by atoms with Gasteiger partial charge in [0, 0.05) is 17.0 Å². The van der Waals surface area contributed by atoms with Crippen LogP contribution in [0.3, 0.4) is 0 Å². The molecule has 6 nitrogen and oxygen atoms in total. The Kier molecular flexibility index (Phi) is 4.88. The minimum Gasteiger partial charge on any atom is -0.386 e. The fourth-order valence-electron chi connectivity index (χ4n) is 3.61. The summed E-state index contributed by atoms with van der Waals surface area (Å²) in [6.07, 6.45) is 0. The Labute approximate surface area is 174 Å².